The summed E-state index contributed by atoms with van der Waals surface area (Å²) < 4.78 is 0. The molecule has 0 aliphatic rings. The Kier molecular flexibility index (Phi) is 9.19. The van der Waals surface area contributed by atoms with Crippen LogP contribution in [0.15, 0.2) is 72.8 Å². The lowest BCUT2D eigenvalue weighted by atomic mass is 10.0. The summed E-state index contributed by atoms with van der Waals surface area (Å²) >= 11 is 18.7. The molecule has 0 bridgehead atoms. The van der Waals surface area contributed by atoms with Crippen molar-refractivity contribution in [3.05, 3.63) is 105 Å². The van der Waals surface area contributed by atoms with Crippen LogP contribution < -0.4 is 5.32 Å². The third-order valence-electron chi connectivity index (χ3n) is 5.44. The van der Waals surface area contributed by atoms with Crippen LogP contribution in [0.25, 0.3) is 0 Å². The number of amides is 2. The highest BCUT2D eigenvalue weighted by atomic mass is 35.5. The third kappa shape index (κ3) is 6.97. The van der Waals surface area contributed by atoms with Crippen LogP contribution in [-0.2, 0) is 29.0 Å². The third-order valence-corrected chi connectivity index (χ3v) is 6.40. The van der Waals surface area contributed by atoms with E-state index in [0.717, 1.165) is 11.1 Å². The first-order valence-corrected chi connectivity index (χ1v) is 11.7. The summed E-state index contributed by atoms with van der Waals surface area (Å²) in [4.78, 5) is 28.0. The number of hydrogen-bond donors (Lipinski definition) is 1. The molecule has 0 saturated carbocycles. The van der Waals surface area contributed by atoms with E-state index in [2.05, 4.69) is 5.32 Å². The monoisotopic (exact) mass is 502 g/mol. The van der Waals surface area contributed by atoms with Gasteiger partial charge < -0.3 is 10.2 Å². The number of likely N-dealkylation sites (N-methyl/N-ethyl adjacent to an activating group) is 1. The van der Waals surface area contributed by atoms with Crippen molar-refractivity contribution in [2.45, 2.75) is 31.8 Å². The number of benzene rings is 3. The highest BCUT2D eigenvalue weighted by molar-refractivity contribution is 6.35. The molecule has 0 saturated heterocycles. The van der Waals surface area contributed by atoms with Gasteiger partial charge in [0.05, 0.1) is 0 Å². The van der Waals surface area contributed by atoms with Gasteiger partial charge in [0, 0.05) is 41.5 Å². The number of nitrogens with one attached hydrogen (secondary N) is 1. The molecular weight excluding hydrogens is 479 g/mol. The van der Waals surface area contributed by atoms with Gasteiger partial charge in [0.15, 0.2) is 0 Å². The Morgan fingerprint density at radius 3 is 2.24 bits per heavy atom. The van der Waals surface area contributed by atoms with Crippen molar-refractivity contribution in [3.63, 3.8) is 0 Å². The zero-order chi connectivity index (χ0) is 23.8. The highest BCUT2D eigenvalue weighted by Gasteiger charge is 2.30. The number of rotatable bonds is 9. The summed E-state index contributed by atoms with van der Waals surface area (Å²) in [6, 6.07) is 21.5. The number of carbonyl (C=O) groups is 2. The molecule has 0 aliphatic heterocycles. The van der Waals surface area contributed by atoms with Crippen molar-refractivity contribution in [1.82, 2.24) is 10.2 Å². The first-order valence-electron chi connectivity index (χ1n) is 10.6. The lowest BCUT2D eigenvalue weighted by molar-refractivity contribution is -0.141. The molecule has 172 valence electrons. The molecule has 0 aliphatic carbocycles. The van der Waals surface area contributed by atoms with Gasteiger partial charge in [-0.2, -0.15) is 0 Å². The van der Waals surface area contributed by atoms with Gasteiger partial charge in [-0.1, -0.05) is 89.4 Å². The van der Waals surface area contributed by atoms with E-state index in [0.29, 0.717) is 33.5 Å². The molecule has 3 aromatic carbocycles. The Labute approximate surface area is 209 Å². The van der Waals surface area contributed by atoms with Gasteiger partial charge >= 0.3 is 0 Å². The highest BCUT2D eigenvalue weighted by Crippen LogP contribution is 2.25. The topological polar surface area (TPSA) is 49.4 Å². The number of halogens is 3. The average Bonchev–Trinajstić information content (AvgIpc) is 2.82. The Hall–Kier alpha value is -2.53. The zero-order valence-electron chi connectivity index (χ0n) is 18.2. The van der Waals surface area contributed by atoms with Crippen molar-refractivity contribution >= 4 is 46.6 Å². The Morgan fingerprint density at radius 2 is 1.58 bits per heavy atom. The fourth-order valence-corrected chi connectivity index (χ4v) is 4.34. The molecule has 0 spiro atoms. The van der Waals surface area contributed by atoms with Gasteiger partial charge in [-0.15, -0.1) is 0 Å². The lowest BCUT2D eigenvalue weighted by Gasteiger charge is -2.31. The van der Waals surface area contributed by atoms with Crippen LogP contribution in [0.2, 0.25) is 15.1 Å². The van der Waals surface area contributed by atoms with Crippen LogP contribution in [0, 0.1) is 0 Å². The smallest absolute Gasteiger partial charge is 0.242 e. The zero-order valence-corrected chi connectivity index (χ0v) is 20.5. The average molecular weight is 504 g/mol. The van der Waals surface area contributed by atoms with Crippen LogP contribution in [0.3, 0.4) is 0 Å². The van der Waals surface area contributed by atoms with E-state index in [-0.39, 0.29) is 24.8 Å². The summed E-state index contributed by atoms with van der Waals surface area (Å²) in [6.45, 7) is 0.183. The summed E-state index contributed by atoms with van der Waals surface area (Å²) in [5, 5.41) is 4.27. The number of aryl methyl sites for hydroxylation is 1. The van der Waals surface area contributed by atoms with E-state index in [1.807, 2.05) is 48.5 Å². The summed E-state index contributed by atoms with van der Waals surface area (Å²) in [6.07, 6.45) is 1.05. The van der Waals surface area contributed by atoms with Crippen molar-refractivity contribution in [3.8, 4) is 0 Å². The molecule has 33 heavy (non-hydrogen) atoms. The van der Waals surface area contributed by atoms with Gasteiger partial charge in [0.1, 0.15) is 6.04 Å². The quantitative estimate of drug-likeness (QED) is 0.391. The minimum absolute atomic E-state index is 0.162. The summed E-state index contributed by atoms with van der Waals surface area (Å²) in [7, 11) is 1.57. The maximum absolute atomic E-state index is 13.5. The Bertz CT molecular complexity index is 1110. The number of nitrogens with zero attached hydrogens (tertiary/aromatic N) is 1. The molecule has 0 radical (unpaired) electrons. The predicted molar refractivity (Wildman–Crippen MR) is 135 cm³/mol. The van der Waals surface area contributed by atoms with Crippen molar-refractivity contribution in [1.29, 1.82) is 0 Å². The maximum atomic E-state index is 13.5. The van der Waals surface area contributed by atoms with Crippen molar-refractivity contribution in [2.24, 2.45) is 0 Å². The van der Waals surface area contributed by atoms with E-state index in [4.69, 9.17) is 34.8 Å². The molecule has 0 aromatic heterocycles. The predicted octanol–water partition coefficient (Wildman–Crippen LogP) is 5.97. The van der Waals surface area contributed by atoms with E-state index in [1.54, 1.807) is 36.2 Å². The Morgan fingerprint density at radius 1 is 0.879 bits per heavy atom. The largest absolute Gasteiger partial charge is 0.357 e. The van der Waals surface area contributed by atoms with Gasteiger partial charge in [-0.05, 0) is 41.3 Å². The fraction of sp³-hybridized carbons (Fsp3) is 0.231. The minimum atomic E-state index is -0.706. The standard InChI is InChI=1S/C26H25Cl3N2O2/c1-30-26(33)24(15-18-7-3-2-4-8-18)31(17-20-11-13-21(27)16-23(20)29)25(32)14-12-19-9-5-6-10-22(19)28/h2-11,13,16,24H,12,14-15,17H2,1H3,(H,30,33)/t24-/m0/s1. The first kappa shape index (κ1) is 25.1. The second-order valence-electron chi connectivity index (χ2n) is 7.67. The van der Waals surface area contributed by atoms with Crippen molar-refractivity contribution < 1.29 is 9.59 Å². The van der Waals surface area contributed by atoms with Crippen molar-refractivity contribution in [2.75, 3.05) is 7.05 Å². The SMILES string of the molecule is CNC(=O)[C@H](Cc1ccccc1)N(Cc1ccc(Cl)cc1Cl)C(=O)CCc1ccccc1Cl. The maximum Gasteiger partial charge on any atom is 0.242 e. The molecule has 3 rings (SSSR count). The molecule has 1 N–H and O–H groups in total. The molecule has 0 fully saturated rings. The van der Waals surface area contributed by atoms with Gasteiger partial charge in [0.25, 0.3) is 0 Å². The molecule has 0 heterocycles. The second kappa shape index (κ2) is 12.1. The molecule has 3 aromatic rings. The number of hydrogen-bond acceptors (Lipinski definition) is 2. The summed E-state index contributed by atoms with van der Waals surface area (Å²) in [5.74, 6) is -0.402. The molecule has 0 unspecified atom stereocenters. The van der Waals surface area contributed by atoms with Gasteiger partial charge in [0.2, 0.25) is 11.8 Å². The van der Waals surface area contributed by atoms with E-state index in [1.165, 1.54) is 0 Å². The lowest BCUT2D eigenvalue weighted by Crippen LogP contribution is -2.49. The molecule has 1 atom stereocenters. The van der Waals surface area contributed by atoms with Crippen LogP contribution in [0.5, 0.6) is 0 Å². The Balaban J connectivity index is 1.91. The summed E-state index contributed by atoms with van der Waals surface area (Å²) in [5.41, 5.74) is 2.56. The normalized spacial score (nSPS) is 11.6. The van der Waals surface area contributed by atoms with Crippen LogP contribution in [-0.4, -0.2) is 29.8 Å². The van der Waals surface area contributed by atoms with Crippen LogP contribution in [0.1, 0.15) is 23.1 Å². The fourth-order valence-electron chi connectivity index (χ4n) is 3.64. The second-order valence-corrected chi connectivity index (χ2v) is 8.92. The van der Waals surface area contributed by atoms with E-state index in [9.17, 15) is 9.59 Å². The molecular formula is C26H25Cl3N2O2. The van der Waals surface area contributed by atoms with Gasteiger partial charge in [-0.3, -0.25) is 9.59 Å². The molecule has 4 nitrogen and oxygen atoms in total. The van der Waals surface area contributed by atoms with Gasteiger partial charge in [-0.25, -0.2) is 0 Å². The number of carbonyl (C=O) groups excluding carboxylic acids is 2. The molecule has 2 amide bonds. The van der Waals surface area contributed by atoms with Crippen LogP contribution in [0.4, 0.5) is 0 Å². The minimum Gasteiger partial charge on any atom is -0.357 e. The first-order chi connectivity index (χ1) is 15.9. The van der Waals surface area contributed by atoms with Crippen LogP contribution >= 0.6 is 34.8 Å². The van der Waals surface area contributed by atoms with E-state index >= 15 is 0 Å². The molecule has 7 heteroatoms. The van der Waals surface area contributed by atoms with E-state index < -0.39 is 6.04 Å².